The number of nitrogens with zero attached hydrogens (tertiary/aromatic N) is 2. The molecule has 0 radical (unpaired) electrons. The van der Waals surface area contributed by atoms with Crippen LogP contribution in [0.1, 0.15) is 40.1 Å². The zero-order chi connectivity index (χ0) is 12.5. The molecule has 3 heterocycles. The lowest BCUT2D eigenvalue weighted by atomic mass is 10.1. The fraction of sp³-hybridized carbons (Fsp3) is 0.462. The van der Waals surface area contributed by atoms with E-state index >= 15 is 0 Å². The van der Waals surface area contributed by atoms with Crippen LogP contribution in [0.4, 0.5) is 0 Å². The van der Waals surface area contributed by atoms with Crippen LogP contribution in [0.2, 0.25) is 0 Å². The number of aromatic nitrogens is 1. The second-order valence-corrected chi connectivity index (χ2v) is 4.73. The van der Waals surface area contributed by atoms with Crippen LogP contribution in [0, 0.1) is 0 Å². The van der Waals surface area contributed by atoms with Gasteiger partial charge in [-0.1, -0.05) is 6.42 Å². The summed E-state index contributed by atoms with van der Waals surface area (Å²) < 4.78 is 0. The average Bonchev–Trinajstić information content (AvgIpc) is 2.61. The molecule has 5 heteroatoms. The quantitative estimate of drug-likeness (QED) is 0.744. The number of carbonyl (C=O) groups is 2. The third-order valence-corrected chi connectivity index (χ3v) is 3.56. The van der Waals surface area contributed by atoms with Gasteiger partial charge in [-0.25, -0.2) is 0 Å². The van der Waals surface area contributed by atoms with E-state index in [2.05, 4.69) is 10.3 Å². The van der Waals surface area contributed by atoms with Crippen LogP contribution < -0.4 is 5.32 Å². The summed E-state index contributed by atoms with van der Waals surface area (Å²) in [5, 5.41) is 3.28. The number of fused-ring (bicyclic) bond motifs is 1. The van der Waals surface area contributed by atoms with Gasteiger partial charge in [0.2, 0.25) is 0 Å². The molecule has 2 aliphatic rings. The summed E-state index contributed by atoms with van der Waals surface area (Å²) in [7, 11) is 0. The number of pyridine rings is 1. The number of rotatable bonds is 1. The molecule has 1 unspecified atom stereocenters. The highest BCUT2D eigenvalue weighted by Gasteiger charge is 2.40. The zero-order valence-corrected chi connectivity index (χ0v) is 10.1. The maximum atomic E-state index is 12.3. The van der Waals surface area contributed by atoms with Gasteiger partial charge in [0.05, 0.1) is 11.6 Å². The van der Waals surface area contributed by atoms with Crippen LogP contribution in [0.15, 0.2) is 18.3 Å². The molecule has 1 saturated heterocycles. The molecule has 94 valence electrons. The molecule has 2 amide bonds. The number of carbonyl (C=O) groups excluding carboxylic acids is 2. The van der Waals surface area contributed by atoms with E-state index in [0.29, 0.717) is 17.8 Å². The first-order chi connectivity index (χ1) is 8.79. The van der Waals surface area contributed by atoms with Crippen molar-refractivity contribution in [3.63, 3.8) is 0 Å². The summed E-state index contributed by atoms with van der Waals surface area (Å²) >= 11 is 0. The zero-order valence-electron chi connectivity index (χ0n) is 10.1. The molecule has 1 aromatic heterocycles. The van der Waals surface area contributed by atoms with Gasteiger partial charge in [0.25, 0.3) is 11.8 Å². The molecule has 0 aromatic carbocycles. The Hall–Kier alpha value is -1.75. The topological polar surface area (TPSA) is 62.3 Å². The summed E-state index contributed by atoms with van der Waals surface area (Å²) in [6, 6.07) is 3.33. The van der Waals surface area contributed by atoms with Crippen LogP contribution in [0.3, 0.4) is 0 Å². The van der Waals surface area contributed by atoms with Gasteiger partial charge in [0.1, 0.15) is 5.69 Å². The number of nitrogens with one attached hydrogen (secondary N) is 1. The number of amides is 2. The fourth-order valence-corrected chi connectivity index (χ4v) is 2.64. The van der Waals surface area contributed by atoms with E-state index in [-0.39, 0.29) is 17.9 Å². The Balaban J connectivity index is 1.91. The minimum Gasteiger partial charge on any atom is -0.315 e. The molecule has 0 spiro atoms. The third kappa shape index (κ3) is 1.71. The molecular formula is C13H15N3O2. The van der Waals surface area contributed by atoms with Crippen LogP contribution in [-0.4, -0.2) is 40.8 Å². The minimum absolute atomic E-state index is 0.0401. The average molecular weight is 245 g/mol. The van der Waals surface area contributed by atoms with Crippen molar-refractivity contribution in [2.75, 3.05) is 13.1 Å². The molecule has 1 fully saturated rings. The van der Waals surface area contributed by atoms with Crippen molar-refractivity contribution < 1.29 is 9.59 Å². The fourth-order valence-electron chi connectivity index (χ4n) is 2.64. The van der Waals surface area contributed by atoms with Gasteiger partial charge in [0, 0.05) is 12.7 Å². The summed E-state index contributed by atoms with van der Waals surface area (Å²) in [5.74, 6) is -0.443. The van der Waals surface area contributed by atoms with Crippen molar-refractivity contribution in [3.05, 3.63) is 29.6 Å². The van der Waals surface area contributed by atoms with Crippen LogP contribution in [0.5, 0.6) is 0 Å². The third-order valence-electron chi connectivity index (χ3n) is 3.56. The minimum atomic E-state index is -0.246. The highest BCUT2D eigenvalue weighted by molar-refractivity contribution is 6.20. The molecule has 0 saturated carbocycles. The molecule has 1 N–H and O–H groups in total. The van der Waals surface area contributed by atoms with Crippen molar-refractivity contribution >= 4 is 11.8 Å². The predicted molar refractivity (Wildman–Crippen MR) is 65.2 cm³/mol. The molecule has 3 rings (SSSR count). The highest BCUT2D eigenvalue weighted by Crippen LogP contribution is 2.25. The monoisotopic (exact) mass is 245 g/mol. The van der Waals surface area contributed by atoms with E-state index in [9.17, 15) is 9.59 Å². The standard InChI is InChI=1S/C13H15N3O2/c17-12-10-5-3-7-15-11(10)13(18)16(12)9-4-1-2-6-14-8-9/h3,5,7,9,14H,1-2,4,6,8H2. The van der Waals surface area contributed by atoms with Gasteiger partial charge in [-0.15, -0.1) is 0 Å². The van der Waals surface area contributed by atoms with Crippen LogP contribution in [-0.2, 0) is 0 Å². The van der Waals surface area contributed by atoms with Crippen LogP contribution in [0.25, 0.3) is 0 Å². The molecule has 5 nitrogen and oxygen atoms in total. The van der Waals surface area contributed by atoms with Gasteiger partial charge >= 0.3 is 0 Å². The lowest BCUT2D eigenvalue weighted by Gasteiger charge is -2.24. The van der Waals surface area contributed by atoms with Crippen molar-refractivity contribution in [1.29, 1.82) is 0 Å². The van der Waals surface area contributed by atoms with Crippen molar-refractivity contribution in [1.82, 2.24) is 15.2 Å². The Morgan fingerprint density at radius 1 is 1.28 bits per heavy atom. The molecule has 0 aliphatic carbocycles. The largest absolute Gasteiger partial charge is 0.315 e. The first-order valence-corrected chi connectivity index (χ1v) is 6.32. The highest BCUT2D eigenvalue weighted by atomic mass is 16.2. The van der Waals surface area contributed by atoms with E-state index in [4.69, 9.17) is 0 Å². The summed E-state index contributed by atoms with van der Waals surface area (Å²) in [6.45, 7) is 1.64. The Morgan fingerprint density at radius 3 is 3.00 bits per heavy atom. The second kappa shape index (κ2) is 4.49. The smallest absolute Gasteiger partial charge is 0.280 e. The molecule has 2 aliphatic heterocycles. The van der Waals surface area contributed by atoms with E-state index in [1.54, 1.807) is 18.3 Å². The molecule has 1 aromatic rings. The van der Waals surface area contributed by atoms with Gasteiger partial charge in [0.15, 0.2) is 0 Å². The van der Waals surface area contributed by atoms with E-state index in [0.717, 1.165) is 25.8 Å². The first-order valence-electron chi connectivity index (χ1n) is 6.32. The molecule has 0 bridgehead atoms. The van der Waals surface area contributed by atoms with E-state index in [1.165, 1.54) is 4.90 Å². The lowest BCUT2D eigenvalue weighted by Crippen LogP contribution is -2.44. The van der Waals surface area contributed by atoms with E-state index in [1.807, 2.05) is 0 Å². The van der Waals surface area contributed by atoms with Crippen molar-refractivity contribution in [2.45, 2.75) is 25.3 Å². The predicted octanol–water partition coefficient (Wildman–Crippen LogP) is 0.820. The summed E-state index contributed by atoms with van der Waals surface area (Å²) in [6.07, 6.45) is 4.56. The number of hydrogen-bond acceptors (Lipinski definition) is 4. The van der Waals surface area contributed by atoms with Crippen molar-refractivity contribution in [3.8, 4) is 0 Å². The maximum absolute atomic E-state index is 12.3. The van der Waals surface area contributed by atoms with Crippen molar-refractivity contribution in [2.24, 2.45) is 0 Å². The Labute approximate surface area is 105 Å². The number of hydrogen-bond donors (Lipinski definition) is 1. The molecular weight excluding hydrogens is 230 g/mol. The molecule has 1 atom stereocenters. The molecule has 18 heavy (non-hydrogen) atoms. The normalized spacial score (nSPS) is 24.0. The Morgan fingerprint density at radius 2 is 2.17 bits per heavy atom. The Bertz CT molecular complexity index is 458. The second-order valence-electron chi connectivity index (χ2n) is 4.73. The first kappa shape index (κ1) is 11.3. The van der Waals surface area contributed by atoms with E-state index < -0.39 is 0 Å². The Kier molecular flexibility index (Phi) is 2.83. The lowest BCUT2D eigenvalue weighted by molar-refractivity contribution is 0.0577. The maximum Gasteiger partial charge on any atom is 0.280 e. The number of imide groups is 1. The van der Waals surface area contributed by atoms with Crippen LogP contribution >= 0.6 is 0 Å². The SMILES string of the molecule is O=C1c2cccnc2C(=O)N1C1CCCCNC1. The summed E-state index contributed by atoms with van der Waals surface area (Å²) in [4.78, 5) is 29.9. The van der Waals surface area contributed by atoms with Gasteiger partial charge < -0.3 is 5.32 Å². The van der Waals surface area contributed by atoms with Gasteiger partial charge in [-0.3, -0.25) is 19.5 Å². The van der Waals surface area contributed by atoms with Gasteiger partial charge in [-0.2, -0.15) is 0 Å². The summed E-state index contributed by atoms with van der Waals surface area (Å²) in [5.41, 5.74) is 0.735. The van der Waals surface area contributed by atoms with Gasteiger partial charge in [-0.05, 0) is 31.5 Å².